The summed E-state index contributed by atoms with van der Waals surface area (Å²) in [7, 11) is 0. The van der Waals surface area contributed by atoms with Crippen LogP contribution in [0.15, 0.2) is 180 Å². The van der Waals surface area contributed by atoms with Crippen LogP contribution in [-0.2, 0) is 11.8 Å². The van der Waals surface area contributed by atoms with Gasteiger partial charge in [-0.15, -0.1) is 0 Å². The van der Waals surface area contributed by atoms with Gasteiger partial charge in [-0.3, -0.25) is 0 Å². The van der Waals surface area contributed by atoms with E-state index in [4.69, 9.17) is 5.41 Å². The summed E-state index contributed by atoms with van der Waals surface area (Å²) in [6.07, 6.45) is 17.0. The molecule has 0 aliphatic heterocycles. The molecule has 232 valence electrons. The van der Waals surface area contributed by atoms with Crippen molar-refractivity contribution >= 4 is 22.1 Å². The molecule has 0 saturated carbocycles. The fourth-order valence-electron chi connectivity index (χ4n) is 9.42. The summed E-state index contributed by atoms with van der Waals surface area (Å²) in [6, 6.07) is 46.3. The normalized spacial score (nSPS) is 20.7. The number of hydrogen-bond acceptors (Lipinski definition) is 1. The van der Waals surface area contributed by atoms with Gasteiger partial charge in [0.1, 0.15) is 0 Å². The van der Waals surface area contributed by atoms with Gasteiger partial charge in [-0.2, -0.15) is 0 Å². The number of fused-ring (bicyclic) bond motifs is 4. The van der Waals surface area contributed by atoms with Gasteiger partial charge in [-0.05, 0) is 81.0 Å². The molecular formula is C47H39N. The highest BCUT2D eigenvalue weighted by Crippen LogP contribution is 2.63. The van der Waals surface area contributed by atoms with Gasteiger partial charge in [0.2, 0.25) is 0 Å². The van der Waals surface area contributed by atoms with Crippen LogP contribution in [-0.4, -0.2) is 5.71 Å². The standard InChI is InChI=1S/C47H39N/c48-45(30-32-14-4-1-5-15-32)42-29-28-37(39-20-10-11-21-40(39)42)33-24-26-38-34(31-33)25-27-43-41-22-12-13-23-44(41)47(46(38)43,35-16-6-2-7-17-35)36-18-8-3-9-19-36/h1-23,28-29,31,41,44,48H,24-27,30H2. The number of hydrogen-bond donors (Lipinski definition) is 1. The minimum absolute atomic E-state index is 0.219. The summed E-state index contributed by atoms with van der Waals surface area (Å²) < 4.78 is 0. The van der Waals surface area contributed by atoms with Gasteiger partial charge in [-0.25, -0.2) is 0 Å². The molecule has 1 heteroatoms. The Morgan fingerprint density at radius 3 is 2.00 bits per heavy atom. The second kappa shape index (κ2) is 11.8. The fourth-order valence-corrected chi connectivity index (χ4v) is 9.42. The third-order valence-electron chi connectivity index (χ3n) is 11.4. The number of rotatable bonds is 6. The minimum atomic E-state index is -0.219. The Morgan fingerprint density at radius 2 is 1.27 bits per heavy atom. The lowest BCUT2D eigenvalue weighted by Gasteiger charge is -2.42. The number of nitrogens with one attached hydrogen (secondary N) is 1. The molecule has 0 bridgehead atoms. The topological polar surface area (TPSA) is 23.9 Å². The van der Waals surface area contributed by atoms with Gasteiger partial charge in [0, 0.05) is 29.5 Å². The lowest BCUT2D eigenvalue weighted by atomic mass is 9.60. The Kier molecular flexibility index (Phi) is 7.08. The summed E-state index contributed by atoms with van der Waals surface area (Å²) in [4.78, 5) is 0. The van der Waals surface area contributed by atoms with Crippen molar-refractivity contribution in [1.29, 1.82) is 5.41 Å². The number of benzene rings is 5. The van der Waals surface area contributed by atoms with Crippen LogP contribution in [0, 0.1) is 17.2 Å². The van der Waals surface area contributed by atoms with E-state index in [0.717, 1.165) is 31.2 Å². The molecule has 48 heavy (non-hydrogen) atoms. The molecule has 2 atom stereocenters. The van der Waals surface area contributed by atoms with Crippen molar-refractivity contribution in [1.82, 2.24) is 0 Å². The quantitative estimate of drug-likeness (QED) is 0.183. The van der Waals surface area contributed by atoms with Crippen molar-refractivity contribution in [2.45, 2.75) is 37.5 Å². The molecule has 4 aliphatic carbocycles. The van der Waals surface area contributed by atoms with E-state index in [0.29, 0.717) is 24.0 Å². The number of allylic oxidation sites excluding steroid dienone is 10. The van der Waals surface area contributed by atoms with Crippen LogP contribution in [0.5, 0.6) is 0 Å². The van der Waals surface area contributed by atoms with Crippen LogP contribution in [0.1, 0.15) is 53.5 Å². The lowest BCUT2D eigenvalue weighted by Crippen LogP contribution is -2.37. The molecular weight excluding hydrogens is 579 g/mol. The zero-order valence-corrected chi connectivity index (χ0v) is 27.2. The Morgan fingerprint density at radius 1 is 0.625 bits per heavy atom. The molecule has 0 fully saturated rings. The van der Waals surface area contributed by atoms with E-state index in [1.807, 2.05) is 6.07 Å². The third-order valence-corrected chi connectivity index (χ3v) is 11.4. The van der Waals surface area contributed by atoms with E-state index in [-0.39, 0.29) is 5.41 Å². The molecule has 0 spiro atoms. The van der Waals surface area contributed by atoms with Crippen molar-refractivity contribution in [3.63, 3.8) is 0 Å². The third kappa shape index (κ3) is 4.48. The molecule has 2 unspecified atom stereocenters. The van der Waals surface area contributed by atoms with Crippen LogP contribution in [0.3, 0.4) is 0 Å². The van der Waals surface area contributed by atoms with Crippen LogP contribution < -0.4 is 0 Å². The Balaban J connectivity index is 1.18. The van der Waals surface area contributed by atoms with Crippen molar-refractivity contribution in [2.75, 3.05) is 0 Å². The van der Waals surface area contributed by atoms with Crippen LogP contribution in [0.4, 0.5) is 0 Å². The first kappa shape index (κ1) is 28.9. The molecule has 1 nitrogen and oxygen atoms in total. The molecule has 0 heterocycles. The maximum Gasteiger partial charge on any atom is 0.0525 e. The maximum atomic E-state index is 9.06. The SMILES string of the molecule is N=C(Cc1ccccc1)c1ccc(C2=CC3=C(CC2)C2=C(CC3)C3C=CC=CC3C2(c2ccccc2)c2ccccc2)c2ccccc12. The first-order valence-corrected chi connectivity index (χ1v) is 17.5. The highest BCUT2D eigenvalue weighted by Gasteiger charge is 2.55. The van der Waals surface area contributed by atoms with E-state index in [9.17, 15) is 0 Å². The van der Waals surface area contributed by atoms with E-state index in [2.05, 4.69) is 152 Å². The second-order valence-corrected chi connectivity index (χ2v) is 13.8. The van der Waals surface area contributed by atoms with Crippen molar-refractivity contribution in [3.05, 3.63) is 208 Å². The minimum Gasteiger partial charge on any atom is -0.304 e. The summed E-state index contributed by atoms with van der Waals surface area (Å²) in [5.74, 6) is 0.782. The largest absolute Gasteiger partial charge is 0.304 e. The first-order valence-electron chi connectivity index (χ1n) is 17.5. The monoisotopic (exact) mass is 617 g/mol. The van der Waals surface area contributed by atoms with Crippen LogP contribution >= 0.6 is 0 Å². The highest BCUT2D eigenvalue weighted by molar-refractivity contribution is 6.12. The zero-order chi connectivity index (χ0) is 32.1. The Bertz CT molecular complexity index is 2170. The molecule has 5 aromatic carbocycles. The average molecular weight is 618 g/mol. The predicted octanol–water partition coefficient (Wildman–Crippen LogP) is 11.4. The summed E-state index contributed by atoms with van der Waals surface area (Å²) >= 11 is 0. The van der Waals surface area contributed by atoms with Gasteiger partial charge in [0.25, 0.3) is 0 Å². The molecule has 1 N–H and O–H groups in total. The molecule has 0 amide bonds. The van der Waals surface area contributed by atoms with Crippen LogP contribution in [0.2, 0.25) is 0 Å². The van der Waals surface area contributed by atoms with E-state index < -0.39 is 0 Å². The molecule has 9 rings (SSSR count). The van der Waals surface area contributed by atoms with Crippen LogP contribution in [0.25, 0.3) is 16.3 Å². The predicted molar refractivity (Wildman–Crippen MR) is 200 cm³/mol. The molecule has 0 saturated heterocycles. The average Bonchev–Trinajstić information content (AvgIpc) is 3.47. The van der Waals surface area contributed by atoms with E-state index in [1.54, 1.807) is 16.7 Å². The van der Waals surface area contributed by atoms with Crippen molar-refractivity contribution < 1.29 is 0 Å². The van der Waals surface area contributed by atoms with E-state index in [1.165, 1.54) is 44.2 Å². The maximum absolute atomic E-state index is 9.06. The Labute approximate surface area is 283 Å². The smallest absolute Gasteiger partial charge is 0.0525 e. The molecule has 0 aromatic heterocycles. The zero-order valence-electron chi connectivity index (χ0n) is 27.2. The summed E-state index contributed by atoms with van der Waals surface area (Å²) in [6.45, 7) is 0. The Hall–Kier alpha value is -5.27. The van der Waals surface area contributed by atoms with Gasteiger partial charge in [0.05, 0.1) is 5.41 Å². The second-order valence-electron chi connectivity index (χ2n) is 13.8. The lowest BCUT2D eigenvalue weighted by molar-refractivity contribution is 0.421. The molecule has 5 aromatic rings. The van der Waals surface area contributed by atoms with Gasteiger partial charge in [0.15, 0.2) is 0 Å². The summed E-state index contributed by atoms with van der Waals surface area (Å²) in [5, 5.41) is 11.5. The highest BCUT2D eigenvalue weighted by atomic mass is 14.6. The van der Waals surface area contributed by atoms with Gasteiger partial charge >= 0.3 is 0 Å². The van der Waals surface area contributed by atoms with Gasteiger partial charge < -0.3 is 5.41 Å². The molecule has 4 aliphatic rings. The fraction of sp³-hybridized carbons (Fsp3) is 0.170. The van der Waals surface area contributed by atoms with Crippen molar-refractivity contribution in [2.24, 2.45) is 11.8 Å². The molecule has 0 radical (unpaired) electrons. The first-order chi connectivity index (χ1) is 23.7. The summed E-state index contributed by atoms with van der Waals surface area (Å²) in [5.41, 5.74) is 14.5. The van der Waals surface area contributed by atoms with Crippen molar-refractivity contribution in [3.8, 4) is 0 Å². The van der Waals surface area contributed by atoms with E-state index >= 15 is 0 Å². The van der Waals surface area contributed by atoms with Gasteiger partial charge in [-0.1, -0.05) is 163 Å².